The number of rotatable bonds is 5. The van der Waals surface area contributed by atoms with E-state index in [1.54, 1.807) is 6.07 Å². The molecule has 0 bridgehead atoms. The lowest BCUT2D eigenvalue weighted by Gasteiger charge is -2.09. The number of phenolic OH excluding ortho intramolecular Hbond substituents is 1. The zero-order chi connectivity index (χ0) is 14.5. The molecule has 0 aliphatic rings. The molecular weight excluding hydrogens is 331 g/mol. The number of carbonyl (C=O) groups excluding carboxylic acids is 1. The molecule has 8 heteroatoms. The van der Waals surface area contributed by atoms with Gasteiger partial charge in [-0.05, 0) is 18.2 Å². The van der Waals surface area contributed by atoms with E-state index in [4.69, 9.17) is 0 Å². The lowest BCUT2D eigenvalue weighted by molar-refractivity contribution is -0.173. The number of ether oxygens (including phenoxy) is 1. The molecule has 1 rings (SSSR count). The number of amides is 1. The highest BCUT2D eigenvalue weighted by atomic mass is 79.9. The number of nitrogens with one attached hydrogen (secondary N) is 1. The van der Waals surface area contributed by atoms with Crippen LogP contribution in [0, 0.1) is 0 Å². The third kappa shape index (κ3) is 5.93. The zero-order valence-electron chi connectivity index (χ0n) is 9.63. The highest BCUT2D eigenvalue weighted by Crippen LogP contribution is 2.21. The molecule has 106 valence electrons. The summed E-state index contributed by atoms with van der Waals surface area (Å²) >= 11 is 3.14. The number of benzene rings is 1. The first-order valence-electron chi connectivity index (χ1n) is 5.21. The lowest BCUT2D eigenvalue weighted by atomic mass is 10.2. The number of hydrogen-bond donors (Lipinski definition) is 2. The van der Waals surface area contributed by atoms with E-state index in [-0.39, 0.29) is 24.5 Å². The fraction of sp³-hybridized carbons (Fsp3) is 0.364. The minimum Gasteiger partial charge on any atom is -0.507 e. The van der Waals surface area contributed by atoms with Crippen LogP contribution in [0.5, 0.6) is 5.75 Å². The van der Waals surface area contributed by atoms with Crippen molar-refractivity contribution in [2.24, 2.45) is 0 Å². The number of halogens is 4. The molecule has 0 aliphatic heterocycles. The Hall–Kier alpha value is -1.28. The molecule has 1 aromatic carbocycles. The monoisotopic (exact) mass is 341 g/mol. The summed E-state index contributed by atoms with van der Waals surface area (Å²) in [5.41, 5.74) is 0.0326. The second kappa shape index (κ2) is 6.76. The van der Waals surface area contributed by atoms with Gasteiger partial charge in [-0.1, -0.05) is 15.9 Å². The van der Waals surface area contributed by atoms with Gasteiger partial charge in [0, 0.05) is 11.0 Å². The second-order valence-corrected chi connectivity index (χ2v) is 4.50. The van der Waals surface area contributed by atoms with Crippen molar-refractivity contribution in [1.29, 1.82) is 0 Å². The van der Waals surface area contributed by atoms with Gasteiger partial charge in [0.15, 0.2) is 0 Å². The molecule has 0 radical (unpaired) electrons. The summed E-state index contributed by atoms with van der Waals surface area (Å²) in [7, 11) is 0. The van der Waals surface area contributed by atoms with Crippen molar-refractivity contribution in [3.05, 3.63) is 28.2 Å². The van der Waals surface area contributed by atoms with Crippen LogP contribution < -0.4 is 5.32 Å². The fourth-order valence-electron chi connectivity index (χ4n) is 1.21. The molecule has 4 nitrogen and oxygen atoms in total. The van der Waals surface area contributed by atoms with E-state index in [0.29, 0.717) is 4.47 Å². The molecule has 0 saturated carbocycles. The van der Waals surface area contributed by atoms with Crippen LogP contribution in [0.15, 0.2) is 22.7 Å². The number of alkyl halides is 3. The van der Waals surface area contributed by atoms with Crippen LogP contribution in [0.3, 0.4) is 0 Å². The van der Waals surface area contributed by atoms with Gasteiger partial charge in [-0.3, -0.25) is 4.79 Å². The molecule has 0 aromatic heterocycles. The first-order chi connectivity index (χ1) is 8.79. The van der Waals surface area contributed by atoms with Gasteiger partial charge in [-0.15, -0.1) is 0 Å². The minimum absolute atomic E-state index is 0.0326. The standard InChI is InChI=1S/C11H11BrF3NO3/c12-7-1-2-9(17)8(5-7)10(18)16-3-4-19-6-11(13,14)15/h1-2,5,17H,3-4,6H2,(H,16,18). The van der Waals surface area contributed by atoms with Crippen molar-refractivity contribution in [2.75, 3.05) is 19.8 Å². The molecule has 0 heterocycles. The van der Waals surface area contributed by atoms with E-state index in [9.17, 15) is 23.1 Å². The van der Waals surface area contributed by atoms with Gasteiger partial charge in [-0.2, -0.15) is 13.2 Å². The van der Waals surface area contributed by atoms with E-state index >= 15 is 0 Å². The van der Waals surface area contributed by atoms with E-state index in [0.717, 1.165) is 0 Å². The van der Waals surface area contributed by atoms with Crippen LogP contribution in [0.25, 0.3) is 0 Å². The van der Waals surface area contributed by atoms with E-state index < -0.39 is 18.7 Å². The predicted octanol–water partition coefficient (Wildman–Crippen LogP) is 2.46. The smallest absolute Gasteiger partial charge is 0.411 e. The molecule has 19 heavy (non-hydrogen) atoms. The Morgan fingerprint density at radius 3 is 2.74 bits per heavy atom. The fourth-order valence-corrected chi connectivity index (χ4v) is 1.57. The van der Waals surface area contributed by atoms with Crippen LogP contribution in [0.1, 0.15) is 10.4 Å². The highest BCUT2D eigenvalue weighted by molar-refractivity contribution is 9.10. The Kier molecular flexibility index (Phi) is 5.61. The molecule has 0 aliphatic carbocycles. The van der Waals surface area contributed by atoms with Crippen LogP contribution >= 0.6 is 15.9 Å². The topological polar surface area (TPSA) is 58.6 Å². The molecule has 0 fully saturated rings. The predicted molar refractivity (Wildman–Crippen MR) is 65.0 cm³/mol. The molecule has 1 aromatic rings. The van der Waals surface area contributed by atoms with Crippen molar-refractivity contribution in [3.63, 3.8) is 0 Å². The summed E-state index contributed by atoms with van der Waals surface area (Å²) in [4.78, 5) is 11.6. The minimum atomic E-state index is -4.38. The van der Waals surface area contributed by atoms with E-state index in [1.807, 2.05) is 0 Å². The lowest BCUT2D eigenvalue weighted by Crippen LogP contribution is -2.28. The SMILES string of the molecule is O=C(NCCOCC(F)(F)F)c1cc(Br)ccc1O. The van der Waals surface area contributed by atoms with Gasteiger partial charge < -0.3 is 15.2 Å². The first kappa shape index (κ1) is 15.8. The number of carbonyl (C=O) groups is 1. The Labute approximate surface area is 115 Å². The zero-order valence-corrected chi connectivity index (χ0v) is 11.2. The van der Waals surface area contributed by atoms with Gasteiger partial charge in [0.2, 0.25) is 0 Å². The first-order valence-corrected chi connectivity index (χ1v) is 6.00. The summed E-state index contributed by atoms with van der Waals surface area (Å²) in [6.45, 7) is -1.70. The van der Waals surface area contributed by atoms with Crippen LogP contribution in [-0.2, 0) is 4.74 Å². The Morgan fingerprint density at radius 1 is 1.42 bits per heavy atom. The molecule has 0 atom stereocenters. The molecule has 2 N–H and O–H groups in total. The largest absolute Gasteiger partial charge is 0.507 e. The van der Waals surface area contributed by atoms with Crippen molar-refractivity contribution in [2.45, 2.75) is 6.18 Å². The molecule has 0 spiro atoms. The number of aromatic hydroxyl groups is 1. The van der Waals surface area contributed by atoms with Gasteiger partial charge >= 0.3 is 6.18 Å². The van der Waals surface area contributed by atoms with Crippen LogP contribution in [0.2, 0.25) is 0 Å². The maximum Gasteiger partial charge on any atom is 0.411 e. The third-order valence-corrected chi connectivity index (χ3v) is 2.49. The summed E-state index contributed by atoms with van der Waals surface area (Å²) in [6, 6.07) is 4.29. The number of hydrogen-bond acceptors (Lipinski definition) is 3. The van der Waals surface area contributed by atoms with E-state index in [2.05, 4.69) is 26.0 Å². The summed E-state index contributed by atoms with van der Waals surface area (Å²) in [5.74, 6) is -0.800. The Morgan fingerprint density at radius 2 is 2.11 bits per heavy atom. The second-order valence-electron chi connectivity index (χ2n) is 3.59. The third-order valence-electron chi connectivity index (χ3n) is 2.00. The molecule has 0 saturated heterocycles. The van der Waals surface area contributed by atoms with Crippen molar-refractivity contribution in [1.82, 2.24) is 5.32 Å². The van der Waals surface area contributed by atoms with Crippen LogP contribution in [0.4, 0.5) is 13.2 Å². The van der Waals surface area contributed by atoms with E-state index in [1.165, 1.54) is 12.1 Å². The maximum absolute atomic E-state index is 11.8. The molecule has 1 amide bonds. The van der Waals surface area contributed by atoms with Gasteiger partial charge in [-0.25, -0.2) is 0 Å². The summed E-state index contributed by atoms with van der Waals surface area (Å²) < 4.78 is 40.2. The van der Waals surface area contributed by atoms with Gasteiger partial charge in [0.1, 0.15) is 12.4 Å². The average Bonchev–Trinajstić information content (AvgIpc) is 2.30. The van der Waals surface area contributed by atoms with Crippen molar-refractivity contribution in [3.8, 4) is 5.75 Å². The normalized spacial score (nSPS) is 11.4. The summed E-state index contributed by atoms with van der Waals surface area (Å²) in [5, 5.41) is 11.8. The molecular formula is C11H11BrF3NO3. The summed E-state index contributed by atoms with van der Waals surface area (Å²) in [6.07, 6.45) is -4.38. The average molecular weight is 342 g/mol. The Bertz CT molecular complexity index is 451. The maximum atomic E-state index is 11.8. The molecule has 0 unspecified atom stereocenters. The van der Waals surface area contributed by atoms with Crippen molar-refractivity contribution < 1.29 is 27.8 Å². The quantitative estimate of drug-likeness (QED) is 0.809. The highest BCUT2D eigenvalue weighted by Gasteiger charge is 2.27. The van der Waals surface area contributed by atoms with Gasteiger partial charge in [0.05, 0.1) is 12.2 Å². The van der Waals surface area contributed by atoms with Crippen molar-refractivity contribution >= 4 is 21.8 Å². The van der Waals surface area contributed by atoms with Crippen LogP contribution in [-0.4, -0.2) is 36.9 Å². The number of phenols is 1. The Balaban J connectivity index is 2.38. The van der Waals surface area contributed by atoms with Gasteiger partial charge in [0.25, 0.3) is 5.91 Å².